The minimum Gasteiger partial charge on any atom is -0.309 e. The van der Waals surface area contributed by atoms with Crippen molar-refractivity contribution in [3.63, 3.8) is 0 Å². The van der Waals surface area contributed by atoms with Gasteiger partial charge in [-0.05, 0) is 69.4 Å². The number of thiophene rings is 1. The van der Waals surface area contributed by atoms with Crippen molar-refractivity contribution in [2.24, 2.45) is 0 Å². The third kappa shape index (κ3) is 5.63. The first-order valence-corrected chi connectivity index (χ1v) is 21.0. The van der Waals surface area contributed by atoms with E-state index >= 15 is 0 Å². The number of fused-ring (bicyclic) bond motifs is 8. The Morgan fingerprint density at radius 2 is 0.917 bits per heavy atom. The van der Waals surface area contributed by atoms with Gasteiger partial charge in [-0.25, -0.2) is 15.0 Å². The number of hydrogen-bond acceptors (Lipinski definition) is 4. The van der Waals surface area contributed by atoms with Crippen LogP contribution in [0.3, 0.4) is 0 Å². The van der Waals surface area contributed by atoms with E-state index in [9.17, 15) is 0 Å². The van der Waals surface area contributed by atoms with Crippen LogP contribution in [0.15, 0.2) is 206 Å². The number of aromatic nitrogens is 4. The molecule has 4 nitrogen and oxygen atoms in total. The molecule has 0 bridgehead atoms. The molecule has 0 saturated carbocycles. The Balaban J connectivity index is 1.09. The Morgan fingerprint density at radius 1 is 0.333 bits per heavy atom. The smallest absolute Gasteiger partial charge is 0.165 e. The second-order valence-electron chi connectivity index (χ2n) is 15.2. The second kappa shape index (κ2) is 14.0. The molecule has 0 radical (unpaired) electrons. The lowest BCUT2D eigenvalue weighted by atomic mass is 9.94. The van der Waals surface area contributed by atoms with Gasteiger partial charge in [0.2, 0.25) is 0 Å². The van der Waals surface area contributed by atoms with E-state index < -0.39 is 0 Å². The average molecular weight is 783 g/mol. The summed E-state index contributed by atoms with van der Waals surface area (Å²) in [5.74, 6) is 1.98. The standard InChI is InChI=1S/C55H34N4S/c1-5-16-35(17-6-1)39-28-31-48-47(32-39)51-43-25-14-13-24-41(43)46(36-18-7-2-8-19-36)34-49(51)59(48)40-29-30-42-44-26-15-27-45(52(44)60-50(42)33-40)55-57-53(37-20-9-3-10-21-37)56-54(58-55)38-22-11-4-12-23-38/h1-34H. The van der Waals surface area contributed by atoms with E-state index in [4.69, 9.17) is 15.0 Å². The van der Waals surface area contributed by atoms with Gasteiger partial charge in [0.15, 0.2) is 17.5 Å². The molecule has 12 rings (SSSR count). The highest BCUT2D eigenvalue weighted by Gasteiger charge is 2.21. The average Bonchev–Trinajstić information content (AvgIpc) is 3.87. The molecule has 12 aromatic rings. The largest absolute Gasteiger partial charge is 0.309 e. The molecule has 3 aromatic heterocycles. The van der Waals surface area contributed by atoms with Gasteiger partial charge in [-0.3, -0.25) is 0 Å². The van der Waals surface area contributed by atoms with E-state index in [1.807, 2.05) is 36.4 Å². The van der Waals surface area contributed by atoms with Crippen molar-refractivity contribution in [1.29, 1.82) is 0 Å². The predicted molar refractivity (Wildman–Crippen MR) is 252 cm³/mol. The summed E-state index contributed by atoms with van der Waals surface area (Å²) in [5.41, 5.74) is 11.2. The first kappa shape index (κ1) is 34.3. The molecule has 0 spiro atoms. The van der Waals surface area contributed by atoms with Crippen LogP contribution in [-0.2, 0) is 0 Å². The van der Waals surface area contributed by atoms with Crippen LogP contribution >= 0.6 is 11.3 Å². The first-order chi connectivity index (χ1) is 29.7. The molecule has 0 unspecified atom stereocenters. The maximum Gasteiger partial charge on any atom is 0.165 e. The van der Waals surface area contributed by atoms with E-state index in [-0.39, 0.29) is 0 Å². The fourth-order valence-corrected chi connectivity index (χ4v) is 10.1. The molecule has 5 heteroatoms. The summed E-state index contributed by atoms with van der Waals surface area (Å²) >= 11 is 1.80. The molecule has 60 heavy (non-hydrogen) atoms. The SMILES string of the molecule is c1ccc(-c2ccc3c(c2)c2c4ccccc4c(-c4ccccc4)cc2n3-c2ccc3c(c2)sc2c(-c4nc(-c5ccccc5)nc(-c5ccccc5)n4)cccc23)cc1. The Morgan fingerprint density at radius 3 is 1.60 bits per heavy atom. The van der Waals surface area contributed by atoms with Crippen molar-refractivity contribution < 1.29 is 0 Å². The van der Waals surface area contributed by atoms with Crippen LogP contribution in [0.4, 0.5) is 0 Å². The van der Waals surface area contributed by atoms with Crippen molar-refractivity contribution in [3.05, 3.63) is 206 Å². The topological polar surface area (TPSA) is 43.6 Å². The zero-order valence-electron chi connectivity index (χ0n) is 32.3. The maximum absolute atomic E-state index is 5.11. The van der Waals surface area contributed by atoms with Gasteiger partial charge in [0.25, 0.3) is 0 Å². The van der Waals surface area contributed by atoms with Crippen molar-refractivity contribution >= 4 is 64.1 Å². The highest BCUT2D eigenvalue weighted by atomic mass is 32.1. The van der Waals surface area contributed by atoms with Crippen LogP contribution in [-0.4, -0.2) is 19.5 Å². The molecule has 0 aliphatic heterocycles. The number of hydrogen-bond donors (Lipinski definition) is 0. The second-order valence-corrected chi connectivity index (χ2v) is 16.2. The Hall–Kier alpha value is -7.73. The van der Waals surface area contributed by atoms with Crippen LogP contribution in [0.1, 0.15) is 0 Å². The Kier molecular flexibility index (Phi) is 8.00. The summed E-state index contributed by atoms with van der Waals surface area (Å²) in [6.45, 7) is 0. The summed E-state index contributed by atoms with van der Waals surface area (Å²) in [6.07, 6.45) is 0. The molecule has 0 N–H and O–H groups in total. The first-order valence-electron chi connectivity index (χ1n) is 20.2. The van der Waals surface area contributed by atoms with Gasteiger partial charge in [0.05, 0.1) is 11.0 Å². The lowest BCUT2D eigenvalue weighted by Gasteiger charge is -2.12. The molecule has 0 aliphatic carbocycles. The zero-order valence-corrected chi connectivity index (χ0v) is 33.1. The Bertz CT molecular complexity index is 3520. The molecule has 0 amide bonds. The van der Waals surface area contributed by atoms with Crippen molar-refractivity contribution in [1.82, 2.24) is 19.5 Å². The van der Waals surface area contributed by atoms with Crippen LogP contribution < -0.4 is 0 Å². The highest BCUT2D eigenvalue weighted by Crippen LogP contribution is 2.45. The van der Waals surface area contributed by atoms with E-state index in [0.29, 0.717) is 17.5 Å². The van der Waals surface area contributed by atoms with Gasteiger partial charge >= 0.3 is 0 Å². The third-order valence-electron chi connectivity index (χ3n) is 11.6. The van der Waals surface area contributed by atoms with Gasteiger partial charge in [-0.1, -0.05) is 170 Å². The predicted octanol–water partition coefficient (Wildman–Crippen LogP) is 14.8. The molecule has 0 aliphatic rings. The van der Waals surface area contributed by atoms with Gasteiger partial charge < -0.3 is 4.57 Å². The van der Waals surface area contributed by atoms with E-state index in [0.717, 1.165) is 27.1 Å². The zero-order chi connectivity index (χ0) is 39.6. The molecule has 280 valence electrons. The van der Waals surface area contributed by atoms with Crippen LogP contribution in [0, 0.1) is 0 Å². The summed E-state index contributed by atoms with van der Waals surface area (Å²) < 4.78 is 4.82. The monoisotopic (exact) mass is 782 g/mol. The minimum atomic E-state index is 0.657. The molecule has 0 saturated heterocycles. The molecule has 3 heterocycles. The van der Waals surface area contributed by atoms with Gasteiger partial charge in [0.1, 0.15) is 0 Å². The molecule has 0 fully saturated rings. The van der Waals surface area contributed by atoms with Gasteiger partial charge in [0, 0.05) is 53.3 Å². The molecule has 0 atom stereocenters. The number of nitrogens with zero attached hydrogens (tertiary/aromatic N) is 4. The van der Waals surface area contributed by atoms with Gasteiger partial charge in [-0.2, -0.15) is 0 Å². The van der Waals surface area contributed by atoms with Gasteiger partial charge in [-0.15, -0.1) is 11.3 Å². The number of benzene rings is 9. The Labute approximate surface area is 350 Å². The van der Waals surface area contributed by atoms with Crippen LogP contribution in [0.25, 0.3) is 115 Å². The fourth-order valence-electron chi connectivity index (χ4n) is 8.86. The normalized spacial score (nSPS) is 11.7. The highest BCUT2D eigenvalue weighted by molar-refractivity contribution is 7.26. The van der Waals surface area contributed by atoms with E-state index in [2.05, 4.69) is 174 Å². The summed E-state index contributed by atoms with van der Waals surface area (Å²) in [7, 11) is 0. The number of rotatable bonds is 6. The molecular weight excluding hydrogens is 749 g/mol. The van der Waals surface area contributed by atoms with Crippen molar-refractivity contribution in [2.45, 2.75) is 0 Å². The van der Waals surface area contributed by atoms with E-state index in [1.165, 1.54) is 70.3 Å². The lowest BCUT2D eigenvalue weighted by molar-refractivity contribution is 1.08. The van der Waals surface area contributed by atoms with Crippen molar-refractivity contribution in [2.75, 3.05) is 0 Å². The van der Waals surface area contributed by atoms with E-state index in [1.54, 1.807) is 11.3 Å². The minimum absolute atomic E-state index is 0.657. The lowest BCUT2D eigenvalue weighted by Crippen LogP contribution is -2.00. The summed E-state index contributed by atoms with van der Waals surface area (Å²) in [4.78, 5) is 15.2. The summed E-state index contributed by atoms with van der Waals surface area (Å²) in [6, 6.07) is 73.4. The quantitative estimate of drug-likeness (QED) is 0.169. The maximum atomic E-state index is 5.11. The van der Waals surface area contributed by atoms with Crippen LogP contribution in [0.2, 0.25) is 0 Å². The molecule has 9 aromatic carbocycles. The summed E-state index contributed by atoms with van der Waals surface area (Å²) in [5, 5.41) is 7.39. The fraction of sp³-hybridized carbons (Fsp3) is 0. The van der Waals surface area contributed by atoms with Crippen molar-refractivity contribution in [3.8, 4) is 62.1 Å². The molecular formula is C55H34N4S. The third-order valence-corrected chi connectivity index (χ3v) is 12.8. The van der Waals surface area contributed by atoms with Crippen LogP contribution in [0.5, 0.6) is 0 Å².